The van der Waals surface area contributed by atoms with Gasteiger partial charge in [-0.25, -0.2) is 0 Å². The van der Waals surface area contributed by atoms with Crippen molar-refractivity contribution in [1.29, 1.82) is 0 Å². The van der Waals surface area contributed by atoms with Crippen LogP contribution in [-0.2, 0) is 24.2 Å². The first kappa shape index (κ1) is 18.6. The van der Waals surface area contributed by atoms with Crippen LogP contribution in [0.4, 0.5) is 0 Å². The molecular weight excluding hydrogens is 368 g/mol. The first-order chi connectivity index (χ1) is 14.7. The van der Waals surface area contributed by atoms with E-state index in [2.05, 4.69) is 67.6 Å². The lowest BCUT2D eigenvalue weighted by atomic mass is 9.89. The van der Waals surface area contributed by atoms with E-state index in [9.17, 15) is 4.79 Å². The van der Waals surface area contributed by atoms with Gasteiger partial charge in [-0.3, -0.25) is 9.78 Å². The molecule has 4 aromatic rings. The standard InChI is InChI=1S/C27H24N2O/c1-19-10-12-20(13-11-19)18-29-26(24-8-4-2-7-22(24)16-27(29)30)17-23-15-14-21-6-3-5-9-25(21)28-23/h2-15,26H,16-18H2,1H3. The summed E-state index contributed by atoms with van der Waals surface area (Å²) in [6.45, 7) is 2.70. The Morgan fingerprint density at radius 3 is 2.53 bits per heavy atom. The van der Waals surface area contributed by atoms with Crippen molar-refractivity contribution in [1.82, 2.24) is 9.88 Å². The molecule has 3 heteroatoms. The normalized spacial score (nSPS) is 16.0. The van der Waals surface area contributed by atoms with E-state index >= 15 is 0 Å². The van der Waals surface area contributed by atoms with E-state index in [-0.39, 0.29) is 11.9 Å². The topological polar surface area (TPSA) is 33.2 Å². The molecule has 148 valence electrons. The second kappa shape index (κ2) is 7.75. The maximum absolute atomic E-state index is 13.1. The molecule has 2 heterocycles. The number of para-hydroxylation sites is 1. The highest BCUT2D eigenvalue weighted by Gasteiger charge is 2.32. The molecule has 0 saturated carbocycles. The number of aryl methyl sites for hydroxylation is 1. The average Bonchev–Trinajstić information content (AvgIpc) is 2.77. The smallest absolute Gasteiger partial charge is 0.227 e. The van der Waals surface area contributed by atoms with Gasteiger partial charge in [-0.05, 0) is 35.7 Å². The summed E-state index contributed by atoms with van der Waals surface area (Å²) in [7, 11) is 0. The third-order valence-electron chi connectivity index (χ3n) is 5.98. The van der Waals surface area contributed by atoms with Gasteiger partial charge in [0.05, 0.1) is 18.0 Å². The second-order valence-corrected chi connectivity index (χ2v) is 8.10. The first-order valence-electron chi connectivity index (χ1n) is 10.4. The number of pyridine rings is 1. The Morgan fingerprint density at radius 2 is 1.67 bits per heavy atom. The Bertz CT molecular complexity index is 1210. The molecule has 1 aliphatic rings. The van der Waals surface area contributed by atoms with Crippen molar-refractivity contribution in [2.45, 2.75) is 32.4 Å². The van der Waals surface area contributed by atoms with Gasteiger partial charge in [-0.1, -0.05) is 78.4 Å². The molecule has 0 spiro atoms. The first-order valence-corrected chi connectivity index (χ1v) is 10.4. The van der Waals surface area contributed by atoms with Gasteiger partial charge in [-0.15, -0.1) is 0 Å². The predicted molar refractivity (Wildman–Crippen MR) is 120 cm³/mol. The third kappa shape index (κ3) is 3.59. The summed E-state index contributed by atoms with van der Waals surface area (Å²) in [6, 6.07) is 29.2. The number of carbonyl (C=O) groups excluding carboxylic acids is 1. The molecule has 1 aromatic heterocycles. The van der Waals surface area contributed by atoms with E-state index in [1.807, 2.05) is 29.2 Å². The summed E-state index contributed by atoms with van der Waals surface area (Å²) in [5.74, 6) is 0.181. The lowest BCUT2D eigenvalue weighted by molar-refractivity contribution is -0.134. The van der Waals surface area contributed by atoms with E-state index in [1.54, 1.807) is 0 Å². The summed E-state index contributed by atoms with van der Waals surface area (Å²) in [6.07, 6.45) is 1.17. The van der Waals surface area contributed by atoms with Gasteiger partial charge in [0.1, 0.15) is 0 Å². The number of amides is 1. The molecule has 0 N–H and O–H groups in total. The van der Waals surface area contributed by atoms with Crippen molar-refractivity contribution >= 4 is 16.8 Å². The van der Waals surface area contributed by atoms with Gasteiger partial charge in [0.15, 0.2) is 0 Å². The van der Waals surface area contributed by atoms with Crippen LogP contribution in [0.1, 0.15) is 34.0 Å². The molecule has 0 fully saturated rings. The lowest BCUT2D eigenvalue weighted by Gasteiger charge is -2.37. The number of nitrogens with zero attached hydrogens (tertiary/aromatic N) is 2. The van der Waals surface area contributed by atoms with Gasteiger partial charge in [0, 0.05) is 24.0 Å². The molecule has 0 radical (unpaired) electrons. The van der Waals surface area contributed by atoms with Crippen molar-refractivity contribution in [3.05, 3.63) is 113 Å². The summed E-state index contributed by atoms with van der Waals surface area (Å²) >= 11 is 0. The fourth-order valence-corrected chi connectivity index (χ4v) is 4.36. The minimum atomic E-state index is -0.0163. The van der Waals surface area contributed by atoms with Crippen molar-refractivity contribution in [2.75, 3.05) is 0 Å². The summed E-state index contributed by atoms with van der Waals surface area (Å²) in [5.41, 5.74) is 6.76. The van der Waals surface area contributed by atoms with Gasteiger partial charge >= 0.3 is 0 Å². The van der Waals surface area contributed by atoms with Crippen molar-refractivity contribution in [3.8, 4) is 0 Å². The van der Waals surface area contributed by atoms with Crippen molar-refractivity contribution < 1.29 is 4.79 Å². The van der Waals surface area contributed by atoms with Crippen LogP contribution in [0.5, 0.6) is 0 Å². The Balaban J connectivity index is 1.52. The Kier molecular flexibility index (Phi) is 4.80. The van der Waals surface area contributed by atoms with E-state index in [4.69, 9.17) is 4.98 Å². The minimum Gasteiger partial charge on any atom is -0.331 e. The van der Waals surface area contributed by atoms with Gasteiger partial charge in [0.2, 0.25) is 5.91 Å². The third-order valence-corrected chi connectivity index (χ3v) is 5.98. The molecule has 1 unspecified atom stereocenters. The van der Waals surface area contributed by atoms with Crippen LogP contribution in [0.25, 0.3) is 10.9 Å². The number of hydrogen-bond donors (Lipinski definition) is 0. The van der Waals surface area contributed by atoms with E-state index in [0.717, 1.165) is 27.7 Å². The second-order valence-electron chi connectivity index (χ2n) is 8.10. The van der Waals surface area contributed by atoms with Crippen LogP contribution in [0.2, 0.25) is 0 Å². The number of fused-ring (bicyclic) bond motifs is 2. The molecule has 3 aromatic carbocycles. The Hall–Kier alpha value is -3.46. The largest absolute Gasteiger partial charge is 0.331 e. The minimum absolute atomic E-state index is 0.0163. The van der Waals surface area contributed by atoms with Gasteiger partial charge in [0.25, 0.3) is 0 Å². The van der Waals surface area contributed by atoms with Gasteiger partial charge < -0.3 is 4.90 Å². The number of hydrogen-bond acceptors (Lipinski definition) is 2. The number of carbonyl (C=O) groups is 1. The molecule has 1 aliphatic heterocycles. The molecule has 3 nitrogen and oxygen atoms in total. The molecule has 0 aliphatic carbocycles. The highest BCUT2D eigenvalue weighted by molar-refractivity contribution is 5.82. The number of benzene rings is 3. The highest BCUT2D eigenvalue weighted by Crippen LogP contribution is 2.34. The van der Waals surface area contributed by atoms with Crippen molar-refractivity contribution in [2.24, 2.45) is 0 Å². The van der Waals surface area contributed by atoms with Crippen LogP contribution < -0.4 is 0 Å². The summed E-state index contributed by atoms with van der Waals surface area (Å²) < 4.78 is 0. The van der Waals surface area contributed by atoms with Crippen LogP contribution in [0.15, 0.2) is 84.9 Å². The Labute approximate surface area is 177 Å². The number of rotatable bonds is 4. The Morgan fingerprint density at radius 1 is 0.900 bits per heavy atom. The van der Waals surface area contributed by atoms with Gasteiger partial charge in [-0.2, -0.15) is 0 Å². The fraction of sp³-hybridized carbons (Fsp3) is 0.185. The number of aromatic nitrogens is 1. The molecule has 0 bridgehead atoms. The van der Waals surface area contributed by atoms with Crippen LogP contribution in [0, 0.1) is 6.92 Å². The zero-order chi connectivity index (χ0) is 20.5. The summed E-state index contributed by atoms with van der Waals surface area (Å²) in [5, 5.41) is 1.14. The highest BCUT2D eigenvalue weighted by atomic mass is 16.2. The molecule has 0 saturated heterocycles. The molecule has 30 heavy (non-hydrogen) atoms. The maximum atomic E-state index is 13.1. The molecular formula is C27H24N2O. The van der Waals surface area contributed by atoms with Crippen molar-refractivity contribution in [3.63, 3.8) is 0 Å². The predicted octanol–water partition coefficient (Wildman–Crippen LogP) is 5.41. The molecule has 1 atom stereocenters. The maximum Gasteiger partial charge on any atom is 0.227 e. The average molecular weight is 393 g/mol. The van der Waals surface area contributed by atoms with E-state index in [1.165, 1.54) is 11.1 Å². The fourth-order valence-electron chi connectivity index (χ4n) is 4.36. The lowest BCUT2D eigenvalue weighted by Crippen LogP contribution is -2.40. The summed E-state index contributed by atoms with van der Waals surface area (Å²) in [4.78, 5) is 20.1. The quantitative estimate of drug-likeness (QED) is 0.465. The van der Waals surface area contributed by atoms with E-state index in [0.29, 0.717) is 19.4 Å². The van der Waals surface area contributed by atoms with Crippen LogP contribution in [0.3, 0.4) is 0 Å². The zero-order valence-electron chi connectivity index (χ0n) is 17.1. The van der Waals surface area contributed by atoms with Crippen LogP contribution in [-0.4, -0.2) is 15.8 Å². The zero-order valence-corrected chi connectivity index (χ0v) is 17.1. The van der Waals surface area contributed by atoms with E-state index < -0.39 is 0 Å². The monoisotopic (exact) mass is 392 g/mol. The SMILES string of the molecule is Cc1ccc(CN2C(=O)Cc3ccccc3C2Cc2ccc3ccccc3n2)cc1. The molecule has 5 rings (SSSR count). The molecule has 1 amide bonds. The van der Waals surface area contributed by atoms with Crippen LogP contribution >= 0.6 is 0 Å².